The molecule has 2 rings (SSSR count). The standard InChI is InChI=1S/C9H9NO4/c11-6-1-5(2-7(12)3-6)8-4-14-9(13)10-8/h1-3,8,11-12H,4H2,(H,10,13)/t8-/m1/s1. The lowest BCUT2D eigenvalue weighted by Gasteiger charge is -2.08. The van der Waals surface area contributed by atoms with Gasteiger partial charge in [0.25, 0.3) is 0 Å². The highest BCUT2D eigenvalue weighted by atomic mass is 16.6. The second-order valence-electron chi connectivity index (χ2n) is 3.08. The summed E-state index contributed by atoms with van der Waals surface area (Å²) in [7, 11) is 0. The fraction of sp³-hybridized carbons (Fsp3) is 0.222. The van der Waals surface area contributed by atoms with Gasteiger partial charge in [-0.05, 0) is 17.7 Å². The molecule has 0 radical (unpaired) electrons. The SMILES string of the molecule is O=C1N[C@@H](c2cc(O)cc(O)c2)CO1. The summed E-state index contributed by atoms with van der Waals surface area (Å²) in [5.41, 5.74) is 0.619. The number of amides is 1. The molecule has 0 spiro atoms. The minimum atomic E-state index is -0.488. The van der Waals surface area contributed by atoms with Crippen LogP contribution in [0.3, 0.4) is 0 Å². The summed E-state index contributed by atoms with van der Waals surface area (Å²) in [6.45, 7) is 0.210. The maximum absolute atomic E-state index is 10.7. The van der Waals surface area contributed by atoms with E-state index in [1.165, 1.54) is 18.2 Å². The van der Waals surface area contributed by atoms with E-state index < -0.39 is 6.09 Å². The normalized spacial score (nSPS) is 20.3. The third-order valence-electron chi connectivity index (χ3n) is 2.00. The van der Waals surface area contributed by atoms with E-state index in [2.05, 4.69) is 10.1 Å². The van der Waals surface area contributed by atoms with Crippen molar-refractivity contribution in [2.45, 2.75) is 6.04 Å². The van der Waals surface area contributed by atoms with E-state index in [4.69, 9.17) is 0 Å². The van der Waals surface area contributed by atoms with Crippen molar-refractivity contribution < 1.29 is 19.7 Å². The van der Waals surface area contributed by atoms with Gasteiger partial charge in [0.2, 0.25) is 0 Å². The van der Waals surface area contributed by atoms with Gasteiger partial charge in [-0.15, -0.1) is 0 Å². The largest absolute Gasteiger partial charge is 0.508 e. The Balaban J connectivity index is 2.27. The number of carbonyl (C=O) groups excluding carboxylic acids is 1. The number of benzene rings is 1. The first kappa shape index (κ1) is 8.68. The quantitative estimate of drug-likeness (QED) is 0.621. The first-order valence-corrected chi connectivity index (χ1v) is 4.11. The van der Waals surface area contributed by atoms with E-state index in [1.807, 2.05) is 0 Å². The highest BCUT2D eigenvalue weighted by Gasteiger charge is 2.24. The van der Waals surface area contributed by atoms with Gasteiger partial charge < -0.3 is 20.3 Å². The zero-order chi connectivity index (χ0) is 10.1. The fourth-order valence-electron chi connectivity index (χ4n) is 1.38. The first-order valence-electron chi connectivity index (χ1n) is 4.11. The van der Waals surface area contributed by atoms with Gasteiger partial charge in [-0.2, -0.15) is 0 Å². The van der Waals surface area contributed by atoms with Gasteiger partial charge in [-0.1, -0.05) is 0 Å². The topological polar surface area (TPSA) is 78.8 Å². The van der Waals surface area contributed by atoms with Crippen molar-refractivity contribution in [2.24, 2.45) is 0 Å². The minimum absolute atomic E-state index is 0.0406. The summed E-state index contributed by atoms with van der Waals surface area (Å²) in [5, 5.41) is 21.0. The second-order valence-corrected chi connectivity index (χ2v) is 3.08. The minimum Gasteiger partial charge on any atom is -0.508 e. The van der Waals surface area contributed by atoms with Crippen LogP contribution in [0, 0.1) is 0 Å². The van der Waals surface area contributed by atoms with Crippen molar-refractivity contribution in [1.82, 2.24) is 5.32 Å². The van der Waals surface area contributed by atoms with Crippen molar-refractivity contribution in [3.05, 3.63) is 23.8 Å². The summed E-state index contributed by atoms with van der Waals surface area (Å²) < 4.78 is 4.69. The van der Waals surface area contributed by atoms with E-state index in [1.54, 1.807) is 0 Å². The summed E-state index contributed by atoms with van der Waals surface area (Å²) in [4.78, 5) is 10.7. The van der Waals surface area contributed by atoms with Crippen LogP contribution in [-0.2, 0) is 4.74 Å². The molecule has 1 fully saturated rings. The maximum atomic E-state index is 10.7. The zero-order valence-corrected chi connectivity index (χ0v) is 7.23. The molecule has 1 amide bonds. The Hall–Kier alpha value is -1.91. The predicted molar refractivity (Wildman–Crippen MR) is 47.0 cm³/mol. The van der Waals surface area contributed by atoms with Crippen molar-refractivity contribution >= 4 is 6.09 Å². The number of hydrogen-bond donors (Lipinski definition) is 3. The summed E-state index contributed by atoms with van der Waals surface area (Å²) in [6.07, 6.45) is -0.488. The molecule has 1 aromatic rings. The van der Waals surface area contributed by atoms with E-state index >= 15 is 0 Å². The summed E-state index contributed by atoms with van der Waals surface area (Å²) >= 11 is 0. The molecule has 0 saturated carbocycles. The molecule has 3 N–H and O–H groups in total. The number of rotatable bonds is 1. The predicted octanol–water partition coefficient (Wildman–Crippen LogP) is 0.879. The van der Waals surface area contributed by atoms with Crippen LogP contribution < -0.4 is 5.32 Å². The monoisotopic (exact) mass is 195 g/mol. The van der Waals surface area contributed by atoms with Crippen molar-refractivity contribution in [3.63, 3.8) is 0 Å². The molecule has 1 atom stereocenters. The van der Waals surface area contributed by atoms with E-state index in [9.17, 15) is 15.0 Å². The fourth-order valence-corrected chi connectivity index (χ4v) is 1.38. The van der Waals surface area contributed by atoms with Gasteiger partial charge in [-0.25, -0.2) is 4.79 Å². The molecule has 5 nitrogen and oxygen atoms in total. The summed E-state index contributed by atoms with van der Waals surface area (Å²) in [6, 6.07) is 3.86. The number of carbonyl (C=O) groups is 1. The molecular formula is C9H9NO4. The third-order valence-corrected chi connectivity index (χ3v) is 2.00. The number of cyclic esters (lactones) is 1. The molecule has 1 aromatic carbocycles. The Morgan fingerprint density at radius 3 is 2.43 bits per heavy atom. The number of nitrogens with one attached hydrogen (secondary N) is 1. The number of ether oxygens (including phenoxy) is 1. The molecule has 1 aliphatic rings. The van der Waals surface area contributed by atoms with Crippen molar-refractivity contribution in [3.8, 4) is 11.5 Å². The van der Waals surface area contributed by atoms with Gasteiger partial charge in [0.15, 0.2) is 0 Å². The Morgan fingerprint density at radius 2 is 1.93 bits per heavy atom. The van der Waals surface area contributed by atoms with Crippen LogP contribution in [0.5, 0.6) is 11.5 Å². The number of alkyl carbamates (subject to hydrolysis) is 1. The van der Waals surface area contributed by atoms with Gasteiger partial charge in [-0.3, -0.25) is 0 Å². The molecule has 0 unspecified atom stereocenters. The molecular weight excluding hydrogens is 186 g/mol. The number of aromatic hydroxyl groups is 2. The maximum Gasteiger partial charge on any atom is 0.407 e. The first-order chi connectivity index (χ1) is 6.65. The Kier molecular flexibility index (Phi) is 1.92. The molecule has 1 saturated heterocycles. The van der Waals surface area contributed by atoms with Crippen LogP contribution in [0.2, 0.25) is 0 Å². The van der Waals surface area contributed by atoms with Crippen LogP contribution >= 0.6 is 0 Å². The smallest absolute Gasteiger partial charge is 0.407 e. The molecule has 5 heteroatoms. The molecule has 0 bridgehead atoms. The van der Waals surface area contributed by atoms with Gasteiger partial charge >= 0.3 is 6.09 Å². The van der Waals surface area contributed by atoms with Crippen LogP contribution in [-0.4, -0.2) is 22.9 Å². The third kappa shape index (κ3) is 1.56. The molecule has 1 aliphatic heterocycles. The van der Waals surface area contributed by atoms with Crippen LogP contribution in [0.15, 0.2) is 18.2 Å². The zero-order valence-electron chi connectivity index (χ0n) is 7.23. The second kappa shape index (κ2) is 3.10. The number of phenolic OH excluding ortho intramolecular Hbond substituents is 2. The van der Waals surface area contributed by atoms with E-state index in [0.29, 0.717) is 5.56 Å². The van der Waals surface area contributed by atoms with Crippen LogP contribution in [0.25, 0.3) is 0 Å². The molecule has 74 valence electrons. The van der Waals surface area contributed by atoms with E-state index in [0.717, 1.165) is 0 Å². The molecule has 0 aromatic heterocycles. The number of phenols is 2. The van der Waals surface area contributed by atoms with Gasteiger partial charge in [0, 0.05) is 6.07 Å². The Labute approximate surface area is 79.9 Å². The number of hydrogen-bond acceptors (Lipinski definition) is 4. The average Bonchev–Trinajstić information content (AvgIpc) is 2.50. The van der Waals surface area contributed by atoms with Crippen LogP contribution in [0.4, 0.5) is 4.79 Å². The van der Waals surface area contributed by atoms with Crippen molar-refractivity contribution in [2.75, 3.05) is 6.61 Å². The van der Waals surface area contributed by atoms with E-state index in [-0.39, 0.29) is 24.1 Å². The van der Waals surface area contributed by atoms with Crippen molar-refractivity contribution in [1.29, 1.82) is 0 Å². The van der Waals surface area contributed by atoms with Crippen LogP contribution in [0.1, 0.15) is 11.6 Å². The highest BCUT2D eigenvalue weighted by Crippen LogP contribution is 2.26. The lowest BCUT2D eigenvalue weighted by Crippen LogP contribution is -2.18. The molecule has 0 aliphatic carbocycles. The molecule has 1 heterocycles. The average molecular weight is 195 g/mol. The van der Waals surface area contributed by atoms with Gasteiger partial charge in [0.1, 0.15) is 18.1 Å². The highest BCUT2D eigenvalue weighted by molar-refractivity contribution is 5.70. The van der Waals surface area contributed by atoms with Gasteiger partial charge in [0.05, 0.1) is 6.04 Å². The molecule has 14 heavy (non-hydrogen) atoms. The lowest BCUT2D eigenvalue weighted by molar-refractivity contribution is 0.177. The lowest BCUT2D eigenvalue weighted by atomic mass is 10.1. The Morgan fingerprint density at radius 1 is 1.29 bits per heavy atom. The Bertz CT molecular complexity index is 357. The summed E-state index contributed by atoms with van der Waals surface area (Å²) in [5.74, 6) is -0.0812.